The molecule has 5 nitrogen and oxygen atoms in total. The molecule has 6 heteroatoms. The van der Waals surface area contributed by atoms with Gasteiger partial charge in [0.25, 0.3) is 11.1 Å². The van der Waals surface area contributed by atoms with Crippen LogP contribution >= 0.6 is 11.8 Å². The van der Waals surface area contributed by atoms with Gasteiger partial charge in [-0.1, -0.05) is 6.07 Å². The zero-order valence-corrected chi connectivity index (χ0v) is 13.9. The highest BCUT2D eigenvalue weighted by molar-refractivity contribution is 8.18. The van der Waals surface area contributed by atoms with Crippen LogP contribution in [-0.4, -0.2) is 35.8 Å². The number of carbonyl (C=O) groups excluding carboxylic acids is 2. The van der Waals surface area contributed by atoms with Crippen molar-refractivity contribution >= 4 is 29.0 Å². The Bertz CT molecular complexity index is 625. The number of imide groups is 1. The largest absolute Gasteiger partial charge is 0.490 e. The molecule has 0 saturated carbocycles. The number of thioether (sulfide) groups is 1. The summed E-state index contributed by atoms with van der Waals surface area (Å²) in [5.74, 6) is 1.01. The molecule has 0 bridgehead atoms. The van der Waals surface area contributed by atoms with Crippen molar-refractivity contribution in [1.82, 2.24) is 4.90 Å². The van der Waals surface area contributed by atoms with Gasteiger partial charge in [-0.2, -0.15) is 0 Å². The number of ether oxygens (including phenoxy) is 2. The molecular weight excluding hydrogens is 302 g/mol. The van der Waals surface area contributed by atoms with Gasteiger partial charge in [0.15, 0.2) is 11.5 Å². The molecule has 22 heavy (non-hydrogen) atoms. The maximum Gasteiger partial charge on any atom is 0.293 e. The van der Waals surface area contributed by atoms with Gasteiger partial charge in [0.2, 0.25) is 0 Å². The monoisotopic (exact) mass is 321 g/mol. The van der Waals surface area contributed by atoms with Gasteiger partial charge in [-0.15, -0.1) is 0 Å². The highest BCUT2D eigenvalue weighted by atomic mass is 32.2. The van der Waals surface area contributed by atoms with Gasteiger partial charge >= 0.3 is 0 Å². The van der Waals surface area contributed by atoms with Crippen molar-refractivity contribution in [3.05, 3.63) is 28.7 Å². The second-order valence-corrected chi connectivity index (χ2v) is 6.04. The smallest absolute Gasteiger partial charge is 0.293 e. The summed E-state index contributed by atoms with van der Waals surface area (Å²) >= 11 is 0.937. The van der Waals surface area contributed by atoms with Gasteiger partial charge in [0.05, 0.1) is 17.6 Å². The van der Waals surface area contributed by atoms with Crippen LogP contribution in [0.15, 0.2) is 23.1 Å². The highest BCUT2D eigenvalue weighted by Crippen LogP contribution is 2.34. The van der Waals surface area contributed by atoms with Gasteiger partial charge in [-0.3, -0.25) is 14.5 Å². The summed E-state index contributed by atoms with van der Waals surface area (Å²) in [5.41, 5.74) is 0.790. The van der Waals surface area contributed by atoms with E-state index < -0.39 is 0 Å². The fourth-order valence-corrected chi connectivity index (χ4v) is 2.76. The van der Waals surface area contributed by atoms with Gasteiger partial charge in [0.1, 0.15) is 0 Å². The molecule has 2 amide bonds. The Hall–Kier alpha value is -1.95. The third kappa shape index (κ3) is 3.62. The highest BCUT2D eigenvalue weighted by Gasteiger charge is 2.31. The minimum atomic E-state index is -0.282. The zero-order valence-electron chi connectivity index (χ0n) is 13.1. The molecule has 1 aromatic carbocycles. The Morgan fingerprint density at radius 2 is 2.00 bits per heavy atom. The first-order valence-corrected chi connectivity index (χ1v) is 7.89. The molecule has 1 aliphatic rings. The van der Waals surface area contributed by atoms with Crippen LogP contribution in [0, 0.1) is 0 Å². The molecule has 118 valence electrons. The van der Waals surface area contributed by atoms with Crippen molar-refractivity contribution in [3.8, 4) is 11.5 Å². The van der Waals surface area contributed by atoms with E-state index in [1.165, 1.54) is 7.05 Å². The number of hydrogen-bond donors (Lipinski definition) is 0. The van der Waals surface area contributed by atoms with Crippen LogP contribution < -0.4 is 9.47 Å². The van der Waals surface area contributed by atoms with Crippen molar-refractivity contribution in [2.24, 2.45) is 0 Å². The molecular formula is C16H19NO4S. The van der Waals surface area contributed by atoms with Crippen LogP contribution in [0.1, 0.15) is 26.3 Å². The summed E-state index contributed by atoms with van der Waals surface area (Å²) in [6, 6.07) is 5.46. The SMILES string of the molecule is CCOc1cc(/C=C2/SC(=O)N(C)C2=O)ccc1OC(C)C. The van der Waals surface area contributed by atoms with E-state index in [0.29, 0.717) is 23.0 Å². The maximum atomic E-state index is 11.9. The molecule has 0 N–H and O–H groups in total. The van der Waals surface area contributed by atoms with Crippen LogP contribution in [0.2, 0.25) is 0 Å². The summed E-state index contributed by atoms with van der Waals surface area (Å²) in [4.78, 5) is 24.9. The maximum absolute atomic E-state index is 11.9. The van der Waals surface area contributed by atoms with E-state index >= 15 is 0 Å². The lowest BCUT2D eigenvalue weighted by atomic mass is 10.2. The standard InChI is InChI=1S/C16H19NO4S/c1-5-20-13-8-11(6-7-12(13)21-10(2)3)9-14-15(18)17(4)16(19)22-14/h6-10H,5H2,1-4H3/b14-9+. The molecule has 0 aliphatic carbocycles. The summed E-state index contributed by atoms with van der Waals surface area (Å²) in [7, 11) is 1.48. The van der Waals surface area contributed by atoms with E-state index in [0.717, 1.165) is 22.2 Å². The molecule has 2 rings (SSSR count). The van der Waals surface area contributed by atoms with E-state index in [9.17, 15) is 9.59 Å². The predicted octanol–water partition coefficient (Wildman–Crippen LogP) is 3.54. The number of nitrogens with zero attached hydrogens (tertiary/aromatic N) is 1. The average Bonchev–Trinajstić information content (AvgIpc) is 2.69. The summed E-state index contributed by atoms with van der Waals surface area (Å²) in [6.07, 6.45) is 1.73. The molecule has 1 heterocycles. The quantitative estimate of drug-likeness (QED) is 0.776. The van der Waals surface area contributed by atoms with Crippen LogP contribution in [0.3, 0.4) is 0 Å². The van der Waals surface area contributed by atoms with Crippen molar-refractivity contribution < 1.29 is 19.1 Å². The molecule has 0 unspecified atom stereocenters. The van der Waals surface area contributed by atoms with Gasteiger partial charge in [0, 0.05) is 7.05 Å². The zero-order chi connectivity index (χ0) is 16.3. The van der Waals surface area contributed by atoms with Crippen LogP contribution in [-0.2, 0) is 4.79 Å². The van der Waals surface area contributed by atoms with Crippen molar-refractivity contribution in [1.29, 1.82) is 0 Å². The fraction of sp³-hybridized carbons (Fsp3) is 0.375. The lowest BCUT2D eigenvalue weighted by molar-refractivity contribution is -0.121. The summed E-state index contributed by atoms with van der Waals surface area (Å²) in [5, 5.41) is -0.263. The lowest BCUT2D eigenvalue weighted by Gasteiger charge is -2.15. The molecule has 0 aromatic heterocycles. The number of hydrogen-bond acceptors (Lipinski definition) is 5. The molecule has 0 radical (unpaired) electrons. The number of likely N-dealkylation sites (N-methyl/N-ethyl adjacent to an activating group) is 1. The van der Waals surface area contributed by atoms with Crippen molar-refractivity contribution in [2.45, 2.75) is 26.9 Å². The van der Waals surface area contributed by atoms with Gasteiger partial charge in [-0.25, -0.2) is 0 Å². The van der Waals surface area contributed by atoms with Crippen molar-refractivity contribution in [2.75, 3.05) is 13.7 Å². The van der Waals surface area contributed by atoms with Crippen LogP contribution in [0.25, 0.3) is 6.08 Å². The van der Waals surface area contributed by atoms with Crippen LogP contribution in [0.5, 0.6) is 11.5 Å². The number of carbonyl (C=O) groups is 2. The first kappa shape index (κ1) is 16.4. The van der Waals surface area contributed by atoms with Crippen molar-refractivity contribution in [3.63, 3.8) is 0 Å². The third-order valence-electron chi connectivity index (χ3n) is 2.91. The molecule has 1 aliphatic heterocycles. The van der Waals surface area contributed by atoms with E-state index in [1.807, 2.05) is 39.0 Å². The Kier molecular flexibility index (Phi) is 5.13. The van der Waals surface area contributed by atoms with E-state index in [2.05, 4.69) is 0 Å². The van der Waals surface area contributed by atoms with E-state index in [1.54, 1.807) is 6.08 Å². The van der Waals surface area contributed by atoms with Gasteiger partial charge in [-0.05, 0) is 56.3 Å². The third-order valence-corrected chi connectivity index (χ3v) is 3.88. The number of benzene rings is 1. The number of rotatable bonds is 5. The second-order valence-electron chi connectivity index (χ2n) is 5.05. The first-order valence-electron chi connectivity index (χ1n) is 7.07. The van der Waals surface area contributed by atoms with Gasteiger partial charge < -0.3 is 9.47 Å². The Balaban J connectivity index is 2.31. The first-order chi connectivity index (χ1) is 10.4. The molecule has 0 atom stereocenters. The molecule has 1 saturated heterocycles. The van der Waals surface area contributed by atoms with E-state index in [4.69, 9.17) is 9.47 Å². The lowest BCUT2D eigenvalue weighted by Crippen LogP contribution is -2.22. The Morgan fingerprint density at radius 3 is 2.55 bits per heavy atom. The molecule has 0 spiro atoms. The molecule has 1 fully saturated rings. The summed E-state index contributed by atoms with van der Waals surface area (Å²) in [6.45, 7) is 6.31. The average molecular weight is 321 g/mol. The predicted molar refractivity (Wildman–Crippen MR) is 87.1 cm³/mol. The fourth-order valence-electron chi connectivity index (χ4n) is 1.93. The minimum absolute atomic E-state index is 0.0432. The Morgan fingerprint density at radius 1 is 1.27 bits per heavy atom. The normalized spacial score (nSPS) is 16.8. The Labute approximate surface area is 134 Å². The topological polar surface area (TPSA) is 55.8 Å². The van der Waals surface area contributed by atoms with Crippen LogP contribution in [0.4, 0.5) is 4.79 Å². The molecule has 1 aromatic rings. The number of amides is 2. The summed E-state index contributed by atoms with van der Waals surface area (Å²) < 4.78 is 11.3. The second kappa shape index (κ2) is 6.87. The van der Waals surface area contributed by atoms with E-state index in [-0.39, 0.29) is 17.3 Å². The minimum Gasteiger partial charge on any atom is -0.490 e.